The Labute approximate surface area is 316 Å². The highest BCUT2D eigenvalue weighted by molar-refractivity contribution is 6.47. The molecule has 0 unspecified atom stereocenters. The molecule has 2 bridgehead atoms. The van der Waals surface area contributed by atoms with Gasteiger partial charge in [0.15, 0.2) is 0 Å². The fraction of sp³-hybridized carbons (Fsp3) is 0.523. The van der Waals surface area contributed by atoms with E-state index in [2.05, 4.69) is 45.3 Å². The van der Waals surface area contributed by atoms with E-state index in [-0.39, 0.29) is 36.2 Å². The zero-order chi connectivity index (χ0) is 38.2. The lowest BCUT2D eigenvalue weighted by atomic mass is 9.43. The minimum atomic E-state index is -1.07. The van der Waals surface area contributed by atoms with E-state index in [0.29, 0.717) is 18.3 Å². The Morgan fingerprint density at radius 2 is 1.36 bits per heavy atom. The molecule has 8 nitrogen and oxygen atoms in total. The lowest BCUT2D eigenvalue weighted by Gasteiger charge is -2.64. The summed E-state index contributed by atoms with van der Waals surface area (Å²) in [5.41, 5.74) is 0.511. The minimum Gasteiger partial charge on any atom is -0.460 e. The third-order valence-corrected chi connectivity index (χ3v) is 11.9. The van der Waals surface area contributed by atoms with E-state index < -0.39 is 47.6 Å². The number of amides is 2. The molecule has 2 amide bonds. The number of ether oxygens (including phenoxy) is 1. The molecule has 53 heavy (non-hydrogen) atoms. The van der Waals surface area contributed by atoms with E-state index in [1.165, 1.54) is 0 Å². The van der Waals surface area contributed by atoms with E-state index >= 15 is 0 Å². The van der Waals surface area contributed by atoms with E-state index in [1.807, 2.05) is 91.0 Å². The van der Waals surface area contributed by atoms with Crippen LogP contribution in [0.25, 0.3) is 0 Å². The average Bonchev–Trinajstić information content (AvgIpc) is 3.47. The summed E-state index contributed by atoms with van der Waals surface area (Å²) in [7, 11) is -0.635. The van der Waals surface area contributed by atoms with Gasteiger partial charge in [-0.15, -0.1) is 0 Å². The van der Waals surface area contributed by atoms with Gasteiger partial charge in [0.2, 0.25) is 11.8 Å². The molecule has 282 valence electrons. The van der Waals surface area contributed by atoms with Crippen LogP contribution in [0, 0.1) is 29.1 Å². The zero-order valence-electron chi connectivity index (χ0n) is 32.7. The fourth-order valence-corrected chi connectivity index (χ4v) is 9.22. The molecule has 1 aliphatic heterocycles. The Bertz CT molecular complexity index is 1650. The van der Waals surface area contributed by atoms with Crippen LogP contribution in [-0.2, 0) is 34.0 Å². The Balaban J connectivity index is 1.29. The predicted molar refractivity (Wildman–Crippen MR) is 207 cm³/mol. The summed E-state index contributed by atoms with van der Waals surface area (Å²) < 4.78 is 19.1. The van der Waals surface area contributed by atoms with Gasteiger partial charge < -0.3 is 24.7 Å². The van der Waals surface area contributed by atoms with Crippen molar-refractivity contribution < 1.29 is 28.4 Å². The quantitative estimate of drug-likeness (QED) is 0.107. The lowest BCUT2D eigenvalue weighted by Crippen LogP contribution is -2.65. The van der Waals surface area contributed by atoms with Crippen molar-refractivity contribution in [1.29, 1.82) is 0 Å². The summed E-state index contributed by atoms with van der Waals surface area (Å²) in [5, 5.41) is 6.58. The minimum absolute atomic E-state index is 0.0405. The van der Waals surface area contributed by atoms with Crippen molar-refractivity contribution in [2.75, 3.05) is 0 Å². The fourth-order valence-electron chi connectivity index (χ4n) is 9.22. The molecule has 1 heterocycles. The molecule has 0 radical (unpaired) electrons. The molecule has 2 N–H and O–H groups in total. The first-order valence-electron chi connectivity index (χ1n) is 19.4. The highest BCUT2D eigenvalue weighted by Crippen LogP contribution is 2.65. The smallest absolute Gasteiger partial charge is 0.460 e. The molecule has 1 saturated heterocycles. The first kappa shape index (κ1) is 38.8. The molecule has 3 aromatic carbocycles. The molecule has 6 atom stereocenters. The Hall–Kier alpha value is -3.95. The number of carbonyl (C=O) groups is 3. The molecule has 0 spiro atoms. The van der Waals surface area contributed by atoms with Crippen molar-refractivity contribution in [3.05, 3.63) is 108 Å². The van der Waals surface area contributed by atoms with Gasteiger partial charge in [-0.25, -0.2) is 0 Å². The number of esters is 1. The summed E-state index contributed by atoms with van der Waals surface area (Å²) in [5.74, 6) is -1.60. The molecule has 9 heteroatoms. The van der Waals surface area contributed by atoms with Gasteiger partial charge >= 0.3 is 13.1 Å². The van der Waals surface area contributed by atoms with Crippen LogP contribution in [0.5, 0.6) is 0 Å². The molecular weight excluding hydrogens is 663 g/mol. The molecule has 4 aliphatic rings. The summed E-state index contributed by atoms with van der Waals surface area (Å²) >= 11 is 0. The van der Waals surface area contributed by atoms with E-state index in [1.54, 1.807) is 20.8 Å². The Kier molecular flexibility index (Phi) is 11.0. The number of rotatable bonds is 13. The molecule has 3 aliphatic carbocycles. The maximum Gasteiger partial charge on any atom is 0.481 e. The average molecular weight is 721 g/mol. The second-order valence-corrected chi connectivity index (χ2v) is 17.7. The van der Waals surface area contributed by atoms with Gasteiger partial charge in [0.1, 0.15) is 11.1 Å². The summed E-state index contributed by atoms with van der Waals surface area (Å²) in [4.78, 5) is 42.3. The van der Waals surface area contributed by atoms with Gasteiger partial charge in [0.25, 0.3) is 0 Å². The van der Waals surface area contributed by atoms with Gasteiger partial charge in [0, 0.05) is 6.42 Å². The van der Waals surface area contributed by atoms with Crippen LogP contribution in [0.3, 0.4) is 0 Å². The standard InChI is InChI=1S/C44H57BN2O6/c1-29(2)24-37(45-52-36-28-34-27-35(42(34,6)7)43(36,8)53-45)46-40(50)30(26-39(49)51-41(3,4)5)25-38(48)47-44(31-18-12-9-13-19-31,32-20-14-10-15-21-32)33-22-16-11-17-23-33/h9-23,29-30,34-37H,24-28H2,1-8H3,(H,46,50)(H,47,48)/t30-,34+,35+,36-,37+,43+/m1/s1. The van der Waals surface area contributed by atoms with Crippen LogP contribution in [0.15, 0.2) is 91.0 Å². The van der Waals surface area contributed by atoms with Crippen LogP contribution in [0.1, 0.15) is 104 Å². The van der Waals surface area contributed by atoms with Crippen molar-refractivity contribution in [2.45, 2.75) is 116 Å². The summed E-state index contributed by atoms with van der Waals surface area (Å²) in [6.07, 6.45) is 2.14. The second-order valence-electron chi connectivity index (χ2n) is 17.7. The number of hydrogen-bond donors (Lipinski definition) is 2. The normalized spacial score (nSPS) is 24.4. The van der Waals surface area contributed by atoms with Gasteiger partial charge in [-0.2, -0.15) is 0 Å². The van der Waals surface area contributed by atoms with Crippen molar-refractivity contribution in [1.82, 2.24) is 10.6 Å². The first-order chi connectivity index (χ1) is 25.0. The van der Waals surface area contributed by atoms with Crippen LogP contribution in [0.4, 0.5) is 0 Å². The van der Waals surface area contributed by atoms with Gasteiger partial charge in [-0.1, -0.05) is 119 Å². The van der Waals surface area contributed by atoms with Crippen molar-refractivity contribution >= 4 is 24.9 Å². The Morgan fingerprint density at radius 1 is 0.830 bits per heavy atom. The van der Waals surface area contributed by atoms with Crippen molar-refractivity contribution in [3.8, 4) is 0 Å². The van der Waals surface area contributed by atoms with Gasteiger partial charge in [0.05, 0.1) is 30.0 Å². The molecule has 0 aromatic heterocycles. The number of nitrogens with one attached hydrogen (secondary N) is 2. The monoisotopic (exact) mass is 720 g/mol. The maximum absolute atomic E-state index is 14.5. The highest BCUT2D eigenvalue weighted by atomic mass is 16.7. The topological polar surface area (TPSA) is 103 Å². The molecule has 3 aromatic rings. The second kappa shape index (κ2) is 15.1. The van der Waals surface area contributed by atoms with E-state index in [4.69, 9.17) is 14.0 Å². The van der Waals surface area contributed by atoms with E-state index in [0.717, 1.165) is 29.5 Å². The third kappa shape index (κ3) is 7.97. The molecule has 7 rings (SSSR count). The van der Waals surface area contributed by atoms with Crippen LogP contribution < -0.4 is 10.6 Å². The first-order valence-corrected chi connectivity index (χ1v) is 19.4. The largest absolute Gasteiger partial charge is 0.481 e. The zero-order valence-corrected chi connectivity index (χ0v) is 32.7. The maximum atomic E-state index is 14.5. The predicted octanol–water partition coefficient (Wildman–Crippen LogP) is 7.63. The molecular formula is C44H57BN2O6. The van der Waals surface area contributed by atoms with Crippen molar-refractivity contribution in [2.24, 2.45) is 29.1 Å². The van der Waals surface area contributed by atoms with Crippen LogP contribution in [-0.4, -0.2) is 48.1 Å². The number of carbonyl (C=O) groups excluding carboxylic acids is 3. The number of hydrogen-bond acceptors (Lipinski definition) is 6. The van der Waals surface area contributed by atoms with Crippen LogP contribution >= 0.6 is 0 Å². The van der Waals surface area contributed by atoms with E-state index in [9.17, 15) is 14.4 Å². The Morgan fingerprint density at radius 3 is 1.83 bits per heavy atom. The molecule has 4 fully saturated rings. The third-order valence-electron chi connectivity index (χ3n) is 11.9. The lowest BCUT2D eigenvalue weighted by molar-refractivity contribution is -0.199. The van der Waals surface area contributed by atoms with Crippen molar-refractivity contribution in [3.63, 3.8) is 0 Å². The van der Waals surface area contributed by atoms with Gasteiger partial charge in [-0.05, 0) is 86.8 Å². The summed E-state index contributed by atoms with van der Waals surface area (Å²) in [6, 6.07) is 29.5. The van der Waals surface area contributed by atoms with Crippen LogP contribution in [0.2, 0.25) is 0 Å². The summed E-state index contributed by atoms with van der Waals surface area (Å²) in [6.45, 7) is 16.4. The SMILES string of the molecule is CC(C)C[C@H](NC(=O)[C@H](CC(=O)NC(c1ccccc1)(c1ccccc1)c1ccccc1)CC(=O)OC(C)(C)C)B1O[C@@H]2C[C@@H]3C[C@@H](C3(C)C)[C@]2(C)O1. The van der Waals surface area contributed by atoms with Gasteiger partial charge in [-0.3, -0.25) is 14.4 Å². The number of benzene rings is 3. The highest BCUT2D eigenvalue weighted by Gasteiger charge is 2.68. The molecule has 3 saturated carbocycles.